The first kappa shape index (κ1) is 13.1. The molecule has 1 aromatic carbocycles. The van der Waals surface area contributed by atoms with E-state index in [9.17, 15) is 4.79 Å². The maximum atomic E-state index is 10.9. The number of hydrogen-bond acceptors (Lipinski definition) is 5. The maximum absolute atomic E-state index is 10.9. The minimum atomic E-state index is -1.12. The summed E-state index contributed by atoms with van der Waals surface area (Å²) < 4.78 is 5.85. The Morgan fingerprint density at radius 1 is 1.27 bits per heavy atom. The lowest BCUT2D eigenvalue weighted by Crippen LogP contribution is -2.31. The SMILES string of the molecule is O=C(O)NC1=NC2(CS1)c1ccccc1Oc1ncccc12. The van der Waals surface area contributed by atoms with Crippen molar-refractivity contribution in [2.45, 2.75) is 5.54 Å². The molecule has 2 N–H and O–H groups in total. The fourth-order valence-corrected chi connectivity index (χ4v) is 3.88. The Morgan fingerprint density at radius 3 is 2.95 bits per heavy atom. The second-order valence-corrected chi connectivity index (χ2v) is 5.91. The summed E-state index contributed by atoms with van der Waals surface area (Å²) in [6.45, 7) is 0. The van der Waals surface area contributed by atoms with Crippen molar-refractivity contribution in [1.29, 1.82) is 0 Å². The molecule has 1 unspecified atom stereocenters. The largest absolute Gasteiger partial charge is 0.465 e. The van der Waals surface area contributed by atoms with Crippen molar-refractivity contribution >= 4 is 23.0 Å². The fraction of sp³-hybridized carbons (Fsp3) is 0.133. The number of thioether (sulfide) groups is 1. The summed E-state index contributed by atoms with van der Waals surface area (Å²) in [5.74, 6) is 1.82. The van der Waals surface area contributed by atoms with Crippen LogP contribution >= 0.6 is 11.8 Å². The molecule has 110 valence electrons. The number of aromatic nitrogens is 1. The Kier molecular flexibility index (Phi) is 2.83. The van der Waals surface area contributed by atoms with Gasteiger partial charge in [-0.05, 0) is 18.2 Å². The summed E-state index contributed by atoms with van der Waals surface area (Å²) in [7, 11) is 0. The minimum absolute atomic E-state index is 0.388. The number of para-hydroxylation sites is 1. The number of carbonyl (C=O) groups is 1. The normalized spacial score (nSPS) is 21.5. The highest BCUT2D eigenvalue weighted by atomic mass is 32.2. The smallest absolute Gasteiger partial charge is 0.410 e. The Hall–Kier alpha value is -2.54. The average molecular weight is 313 g/mol. The van der Waals surface area contributed by atoms with E-state index in [1.807, 2.05) is 36.4 Å². The van der Waals surface area contributed by atoms with Gasteiger partial charge in [-0.1, -0.05) is 30.0 Å². The summed E-state index contributed by atoms with van der Waals surface area (Å²) in [5.41, 5.74) is 1.11. The Bertz CT molecular complexity index is 761. The van der Waals surface area contributed by atoms with Crippen LogP contribution in [-0.4, -0.2) is 27.1 Å². The van der Waals surface area contributed by atoms with Gasteiger partial charge in [-0.2, -0.15) is 0 Å². The summed E-state index contributed by atoms with van der Waals surface area (Å²) >= 11 is 1.38. The number of nitrogens with zero attached hydrogens (tertiary/aromatic N) is 2. The van der Waals surface area contributed by atoms with E-state index in [4.69, 9.17) is 9.84 Å². The number of rotatable bonds is 0. The third-order valence-corrected chi connectivity index (χ3v) is 4.71. The zero-order valence-electron chi connectivity index (χ0n) is 11.3. The zero-order chi connectivity index (χ0) is 15.2. The van der Waals surface area contributed by atoms with Gasteiger partial charge in [-0.3, -0.25) is 5.32 Å². The quantitative estimate of drug-likeness (QED) is 0.781. The molecule has 4 rings (SSSR count). The van der Waals surface area contributed by atoms with Gasteiger partial charge in [0.05, 0.1) is 0 Å². The molecule has 0 aliphatic carbocycles. The van der Waals surface area contributed by atoms with Crippen LogP contribution in [0, 0.1) is 0 Å². The number of amides is 1. The molecule has 1 atom stereocenters. The van der Waals surface area contributed by atoms with Crippen LogP contribution < -0.4 is 10.1 Å². The molecule has 0 saturated carbocycles. The topological polar surface area (TPSA) is 83.8 Å². The Labute approximate surface area is 130 Å². The highest BCUT2D eigenvalue weighted by Gasteiger charge is 2.46. The molecule has 22 heavy (non-hydrogen) atoms. The number of pyridine rings is 1. The van der Waals surface area contributed by atoms with Crippen LogP contribution in [0.5, 0.6) is 11.6 Å². The van der Waals surface area contributed by atoms with E-state index in [2.05, 4.69) is 15.3 Å². The van der Waals surface area contributed by atoms with Gasteiger partial charge in [0.25, 0.3) is 0 Å². The monoisotopic (exact) mass is 313 g/mol. The molecule has 2 aliphatic rings. The first-order chi connectivity index (χ1) is 10.7. The van der Waals surface area contributed by atoms with Crippen LogP contribution in [0.1, 0.15) is 11.1 Å². The third-order valence-electron chi connectivity index (χ3n) is 3.68. The molecule has 2 aromatic rings. The van der Waals surface area contributed by atoms with Crippen molar-refractivity contribution in [2.75, 3.05) is 5.75 Å². The van der Waals surface area contributed by atoms with Crippen LogP contribution in [0.4, 0.5) is 4.79 Å². The molecular weight excluding hydrogens is 302 g/mol. The first-order valence-electron chi connectivity index (χ1n) is 6.64. The zero-order valence-corrected chi connectivity index (χ0v) is 12.1. The molecule has 0 fully saturated rings. The third kappa shape index (κ3) is 1.86. The van der Waals surface area contributed by atoms with Crippen molar-refractivity contribution in [3.05, 3.63) is 53.7 Å². The second-order valence-electron chi connectivity index (χ2n) is 4.95. The number of benzene rings is 1. The van der Waals surface area contributed by atoms with Gasteiger partial charge in [0.1, 0.15) is 11.3 Å². The molecule has 0 saturated heterocycles. The van der Waals surface area contributed by atoms with Crippen LogP contribution in [-0.2, 0) is 5.54 Å². The number of fused-ring (bicyclic) bond motifs is 4. The van der Waals surface area contributed by atoms with Crippen LogP contribution in [0.25, 0.3) is 0 Å². The van der Waals surface area contributed by atoms with Crippen molar-refractivity contribution in [3.8, 4) is 11.6 Å². The molecule has 3 heterocycles. The number of hydrogen-bond donors (Lipinski definition) is 2. The second kappa shape index (κ2) is 4.74. The first-order valence-corrected chi connectivity index (χ1v) is 7.63. The van der Waals surface area contributed by atoms with Crippen molar-refractivity contribution in [1.82, 2.24) is 10.3 Å². The van der Waals surface area contributed by atoms with E-state index in [1.54, 1.807) is 6.20 Å². The standard InChI is InChI=1S/C15H11N3O3S/c19-14(20)17-13-18-15(8-22-13)9-4-1-2-6-11(9)21-12-10(15)5-3-7-16-12/h1-7H,8H2,(H,17,18)(H,19,20). The number of amidine groups is 1. The van der Waals surface area contributed by atoms with E-state index in [-0.39, 0.29) is 0 Å². The lowest BCUT2D eigenvalue weighted by Gasteiger charge is -2.33. The van der Waals surface area contributed by atoms with Gasteiger partial charge < -0.3 is 9.84 Å². The van der Waals surface area contributed by atoms with Gasteiger partial charge in [-0.25, -0.2) is 14.8 Å². The van der Waals surface area contributed by atoms with Gasteiger partial charge in [-0.15, -0.1) is 0 Å². The predicted molar refractivity (Wildman–Crippen MR) is 82.6 cm³/mol. The number of aliphatic imine (C=N–C) groups is 1. The molecular formula is C15H11N3O3S. The van der Waals surface area contributed by atoms with Crippen molar-refractivity contribution in [2.24, 2.45) is 4.99 Å². The fourth-order valence-electron chi connectivity index (χ4n) is 2.78. The average Bonchev–Trinajstić information content (AvgIpc) is 2.92. The molecule has 2 aliphatic heterocycles. The summed E-state index contributed by atoms with van der Waals surface area (Å²) in [4.78, 5) is 19.8. The van der Waals surface area contributed by atoms with E-state index in [1.165, 1.54) is 11.8 Å². The van der Waals surface area contributed by atoms with Crippen LogP contribution in [0.2, 0.25) is 0 Å². The van der Waals surface area contributed by atoms with E-state index in [0.29, 0.717) is 22.6 Å². The highest BCUT2D eigenvalue weighted by Crippen LogP contribution is 2.51. The molecule has 7 heteroatoms. The van der Waals surface area contributed by atoms with E-state index < -0.39 is 11.6 Å². The summed E-state index contributed by atoms with van der Waals surface area (Å²) in [5, 5.41) is 11.6. The molecule has 6 nitrogen and oxygen atoms in total. The van der Waals surface area contributed by atoms with E-state index >= 15 is 0 Å². The van der Waals surface area contributed by atoms with E-state index in [0.717, 1.165) is 11.1 Å². The predicted octanol–water partition coefficient (Wildman–Crippen LogP) is 2.80. The van der Waals surface area contributed by atoms with Gasteiger partial charge >= 0.3 is 6.09 Å². The summed E-state index contributed by atoms with van der Waals surface area (Å²) in [6.07, 6.45) is 0.554. The van der Waals surface area contributed by atoms with Gasteiger partial charge in [0.15, 0.2) is 5.17 Å². The van der Waals surface area contributed by atoms with Crippen LogP contribution in [0.3, 0.4) is 0 Å². The minimum Gasteiger partial charge on any atom is -0.465 e. The van der Waals surface area contributed by atoms with Crippen LogP contribution in [0.15, 0.2) is 47.6 Å². The Morgan fingerprint density at radius 2 is 2.09 bits per heavy atom. The summed E-state index contributed by atoms with van der Waals surface area (Å²) in [6, 6.07) is 11.4. The molecule has 1 spiro atoms. The lowest BCUT2D eigenvalue weighted by atomic mass is 9.83. The molecule has 1 aromatic heterocycles. The van der Waals surface area contributed by atoms with Crippen molar-refractivity contribution < 1.29 is 14.6 Å². The number of carboxylic acid groups (broad SMARTS) is 1. The number of nitrogens with one attached hydrogen (secondary N) is 1. The van der Waals surface area contributed by atoms with Gasteiger partial charge in [0, 0.05) is 23.1 Å². The highest BCUT2D eigenvalue weighted by molar-refractivity contribution is 8.14. The number of ether oxygens (including phenoxy) is 1. The maximum Gasteiger partial charge on any atom is 0.410 e. The van der Waals surface area contributed by atoms with Gasteiger partial charge in [0.2, 0.25) is 5.88 Å². The molecule has 0 bridgehead atoms. The Balaban J connectivity index is 1.92. The lowest BCUT2D eigenvalue weighted by molar-refractivity contribution is 0.200. The molecule has 0 radical (unpaired) electrons. The van der Waals surface area contributed by atoms with Crippen molar-refractivity contribution in [3.63, 3.8) is 0 Å². The molecule has 1 amide bonds.